The van der Waals surface area contributed by atoms with Crippen molar-refractivity contribution in [3.8, 4) is 0 Å². The number of nitrogens with zero attached hydrogens (tertiary/aromatic N) is 1. The predicted molar refractivity (Wildman–Crippen MR) is 62.5 cm³/mol. The van der Waals surface area contributed by atoms with Gasteiger partial charge in [-0.15, -0.1) is 0 Å². The quantitative estimate of drug-likeness (QED) is 0.765. The molecule has 15 heavy (non-hydrogen) atoms. The third-order valence-electron chi connectivity index (χ3n) is 2.85. The van der Waals surface area contributed by atoms with Crippen LogP contribution in [0.25, 0.3) is 0 Å². The maximum atomic E-state index is 11.9. The van der Waals surface area contributed by atoms with Crippen LogP contribution in [0.3, 0.4) is 0 Å². The van der Waals surface area contributed by atoms with Crippen LogP contribution in [0, 0.1) is 0 Å². The fourth-order valence-electron chi connectivity index (χ4n) is 1.98. The van der Waals surface area contributed by atoms with Crippen LogP contribution in [0.15, 0.2) is 18.2 Å². The highest BCUT2D eigenvalue weighted by atomic mass is 19.1. The number of nitrogens with one attached hydrogen (secondary N) is 1. The fraction of sp³-hybridized carbons (Fsp3) is 0.500. The molecule has 1 aliphatic heterocycles. The lowest BCUT2D eigenvalue weighted by atomic mass is 10.1. The summed E-state index contributed by atoms with van der Waals surface area (Å²) in [6, 6.07) is 6.38. The van der Waals surface area contributed by atoms with E-state index in [1.165, 1.54) is 11.3 Å². The summed E-state index contributed by atoms with van der Waals surface area (Å²) >= 11 is 0. The fourth-order valence-corrected chi connectivity index (χ4v) is 1.98. The zero-order valence-electron chi connectivity index (χ0n) is 9.09. The Hall–Kier alpha value is -1.25. The van der Waals surface area contributed by atoms with Gasteiger partial charge in [0.1, 0.15) is 0 Å². The molecule has 0 atom stereocenters. The number of likely N-dealkylation sites (N-methyl/N-ethyl adjacent to an activating group) is 1. The molecule has 0 saturated carbocycles. The van der Waals surface area contributed by atoms with Crippen LogP contribution in [0.1, 0.15) is 12.0 Å². The lowest BCUT2D eigenvalue weighted by Crippen LogP contribution is -2.12. The summed E-state index contributed by atoms with van der Waals surface area (Å²) in [5.74, 6) is 0. The molecule has 1 heterocycles. The molecular weight excluding hydrogens is 191 g/mol. The van der Waals surface area contributed by atoms with E-state index < -0.39 is 0 Å². The lowest BCUT2D eigenvalue weighted by Gasteiger charge is -2.12. The van der Waals surface area contributed by atoms with Gasteiger partial charge in [0.2, 0.25) is 0 Å². The van der Waals surface area contributed by atoms with E-state index in [0.717, 1.165) is 18.7 Å². The Balaban J connectivity index is 2.03. The Labute approximate surface area is 90.1 Å². The van der Waals surface area contributed by atoms with Gasteiger partial charge in [-0.2, -0.15) is 0 Å². The number of halogens is 1. The zero-order valence-corrected chi connectivity index (χ0v) is 9.09. The number of benzene rings is 1. The van der Waals surface area contributed by atoms with Gasteiger partial charge < -0.3 is 10.2 Å². The molecule has 0 radical (unpaired) electrons. The molecule has 0 amide bonds. The summed E-state index contributed by atoms with van der Waals surface area (Å²) in [5, 5.41) is 3.23. The van der Waals surface area contributed by atoms with Crippen LogP contribution in [0.2, 0.25) is 0 Å². The third-order valence-corrected chi connectivity index (χ3v) is 2.85. The molecule has 82 valence electrons. The topological polar surface area (TPSA) is 15.3 Å². The highest BCUT2D eigenvalue weighted by Crippen LogP contribution is 2.28. The third kappa shape index (κ3) is 2.22. The molecule has 0 fully saturated rings. The van der Waals surface area contributed by atoms with Crippen molar-refractivity contribution in [3.05, 3.63) is 23.8 Å². The minimum atomic E-state index is -0.249. The molecule has 0 saturated heterocycles. The maximum absolute atomic E-state index is 11.9. The van der Waals surface area contributed by atoms with Crippen molar-refractivity contribution in [2.45, 2.75) is 12.8 Å². The number of anilines is 2. The SMILES string of the molecule is CN1CCc2cc(NCCCF)ccc21. The Bertz CT molecular complexity index is 338. The lowest BCUT2D eigenvalue weighted by molar-refractivity contribution is 0.481. The number of hydrogen-bond donors (Lipinski definition) is 1. The van der Waals surface area contributed by atoms with Crippen LogP contribution < -0.4 is 10.2 Å². The van der Waals surface area contributed by atoms with Gasteiger partial charge in [-0.05, 0) is 36.6 Å². The monoisotopic (exact) mass is 208 g/mol. The molecule has 1 aliphatic rings. The number of fused-ring (bicyclic) bond motifs is 1. The molecule has 1 aromatic carbocycles. The van der Waals surface area contributed by atoms with Gasteiger partial charge in [0, 0.05) is 31.5 Å². The molecule has 1 N–H and O–H groups in total. The van der Waals surface area contributed by atoms with Crippen molar-refractivity contribution in [2.24, 2.45) is 0 Å². The zero-order chi connectivity index (χ0) is 10.7. The normalized spacial score (nSPS) is 14.1. The minimum absolute atomic E-state index is 0.249. The van der Waals surface area contributed by atoms with Gasteiger partial charge in [-0.3, -0.25) is 4.39 Å². The van der Waals surface area contributed by atoms with Gasteiger partial charge in [0.25, 0.3) is 0 Å². The van der Waals surface area contributed by atoms with Crippen LogP contribution >= 0.6 is 0 Å². The number of alkyl halides is 1. The highest BCUT2D eigenvalue weighted by molar-refractivity contribution is 5.63. The molecule has 3 heteroatoms. The summed E-state index contributed by atoms with van der Waals surface area (Å²) < 4.78 is 11.9. The van der Waals surface area contributed by atoms with Crippen molar-refractivity contribution >= 4 is 11.4 Å². The van der Waals surface area contributed by atoms with Crippen LogP contribution in [0.4, 0.5) is 15.8 Å². The smallest absolute Gasteiger partial charge is 0.0911 e. The van der Waals surface area contributed by atoms with E-state index in [4.69, 9.17) is 0 Å². The van der Waals surface area contributed by atoms with E-state index in [0.29, 0.717) is 13.0 Å². The van der Waals surface area contributed by atoms with Crippen LogP contribution in [-0.2, 0) is 6.42 Å². The van der Waals surface area contributed by atoms with Crippen LogP contribution in [-0.4, -0.2) is 26.8 Å². The first-order valence-corrected chi connectivity index (χ1v) is 5.45. The second-order valence-electron chi connectivity index (χ2n) is 3.98. The van der Waals surface area contributed by atoms with E-state index in [1.807, 2.05) is 0 Å². The Kier molecular flexibility index (Phi) is 3.09. The Morgan fingerprint density at radius 3 is 3.13 bits per heavy atom. The van der Waals surface area contributed by atoms with E-state index in [9.17, 15) is 4.39 Å². The van der Waals surface area contributed by atoms with E-state index in [-0.39, 0.29) is 6.67 Å². The minimum Gasteiger partial charge on any atom is -0.385 e. The van der Waals surface area contributed by atoms with Crippen molar-refractivity contribution < 1.29 is 4.39 Å². The molecule has 1 aromatic rings. The van der Waals surface area contributed by atoms with E-state index in [2.05, 4.69) is 35.5 Å². The second-order valence-corrected chi connectivity index (χ2v) is 3.98. The van der Waals surface area contributed by atoms with Crippen LogP contribution in [0.5, 0.6) is 0 Å². The average molecular weight is 208 g/mol. The summed E-state index contributed by atoms with van der Waals surface area (Å²) in [6.45, 7) is 1.56. The van der Waals surface area contributed by atoms with Crippen molar-refractivity contribution in [1.82, 2.24) is 0 Å². The number of hydrogen-bond acceptors (Lipinski definition) is 2. The Morgan fingerprint density at radius 1 is 1.47 bits per heavy atom. The predicted octanol–water partition coefficient (Wildman–Crippen LogP) is 2.45. The summed E-state index contributed by atoms with van der Waals surface area (Å²) in [6.07, 6.45) is 1.70. The molecule has 2 nitrogen and oxygen atoms in total. The highest BCUT2D eigenvalue weighted by Gasteiger charge is 2.15. The first kappa shape index (κ1) is 10.3. The van der Waals surface area contributed by atoms with Gasteiger partial charge in [-0.1, -0.05) is 0 Å². The van der Waals surface area contributed by atoms with Crippen molar-refractivity contribution in [1.29, 1.82) is 0 Å². The van der Waals surface area contributed by atoms with Gasteiger partial charge >= 0.3 is 0 Å². The average Bonchev–Trinajstić information content (AvgIpc) is 2.61. The molecule has 0 aromatic heterocycles. The van der Waals surface area contributed by atoms with Gasteiger partial charge in [0.15, 0.2) is 0 Å². The second kappa shape index (κ2) is 4.51. The first-order valence-electron chi connectivity index (χ1n) is 5.45. The molecular formula is C12H17FN2. The van der Waals surface area contributed by atoms with E-state index in [1.54, 1.807) is 0 Å². The molecule has 0 unspecified atom stereocenters. The van der Waals surface area contributed by atoms with Gasteiger partial charge in [-0.25, -0.2) is 0 Å². The number of rotatable bonds is 4. The van der Waals surface area contributed by atoms with E-state index >= 15 is 0 Å². The van der Waals surface area contributed by atoms with Crippen molar-refractivity contribution in [3.63, 3.8) is 0 Å². The van der Waals surface area contributed by atoms with Crippen molar-refractivity contribution in [2.75, 3.05) is 37.0 Å². The summed E-state index contributed by atoms with van der Waals surface area (Å²) in [5.41, 5.74) is 3.83. The summed E-state index contributed by atoms with van der Waals surface area (Å²) in [7, 11) is 2.11. The molecule has 0 spiro atoms. The maximum Gasteiger partial charge on any atom is 0.0911 e. The first-order chi connectivity index (χ1) is 7.31. The molecule has 0 aliphatic carbocycles. The standard InChI is InChI=1S/C12H17FN2/c1-15-8-5-10-9-11(3-4-12(10)15)14-7-2-6-13/h3-4,9,14H,2,5-8H2,1H3. The largest absolute Gasteiger partial charge is 0.385 e. The Morgan fingerprint density at radius 2 is 2.33 bits per heavy atom. The summed E-state index contributed by atoms with van der Waals surface area (Å²) in [4.78, 5) is 2.26. The molecule has 0 bridgehead atoms. The molecule has 2 rings (SSSR count). The van der Waals surface area contributed by atoms with Gasteiger partial charge in [0.05, 0.1) is 6.67 Å².